The molecule has 7 heteroatoms. The molecular formula is C18H22ClF3N2O. The second kappa shape index (κ2) is 8.25. The highest BCUT2D eigenvalue weighted by atomic mass is 35.5. The van der Waals surface area contributed by atoms with Crippen LogP contribution in [0.5, 0.6) is 5.75 Å². The van der Waals surface area contributed by atoms with Crippen LogP contribution in [0.25, 0.3) is 10.8 Å². The molecule has 2 aromatic rings. The number of nitrogens with one attached hydrogen (secondary N) is 1. The Bertz CT molecular complexity index is 702. The Labute approximate surface area is 151 Å². The number of rotatable bonds is 4. The van der Waals surface area contributed by atoms with E-state index >= 15 is 0 Å². The third-order valence-corrected chi connectivity index (χ3v) is 4.50. The van der Waals surface area contributed by atoms with Crippen LogP contribution in [0, 0.1) is 0 Å². The van der Waals surface area contributed by atoms with Crippen molar-refractivity contribution < 1.29 is 17.9 Å². The van der Waals surface area contributed by atoms with Crippen LogP contribution in [-0.2, 0) is 0 Å². The quantitative estimate of drug-likeness (QED) is 0.869. The Morgan fingerprint density at radius 1 is 1.12 bits per heavy atom. The highest BCUT2D eigenvalue weighted by Crippen LogP contribution is 2.41. The van der Waals surface area contributed by atoms with E-state index in [2.05, 4.69) is 5.32 Å². The second-order valence-corrected chi connectivity index (χ2v) is 6.02. The zero-order valence-corrected chi connectivity index (χ0v) is 14.8. The van der Waals surface area contributed by atoms with E-state index in [4.69, 9.17) is 4.74 Å². The van der Waals surface area contributed by atoms with Gasteiger partial charge in [-0.05, 0) is 16.8 Å². The summed E-state index contributed by atoms with van der Waals surface area (Å²) in [5.74, 6) is 0.515. The molecule has 0 saturated carbocycles. The molecule has 0 bridgehead atoms. The summed E-state index contributed by atoms with van der Waals surface area (Å²) in [5, 5.41) is 4.95. The molecule has 1 aliphatic rings. The van der Waals surface area contributed by atoms with Gasteiger partial charge in [-0.25, -0.2) is 0 Å². The second-order valence-electron chi connectivity index (χ2n) is 6.02. The molecule has 1 atom stereocenters. The summed E-state index contributed by atoms with van der Waals surface area (Å²) in [5.41, 5.74) is 0.634. The molecule has 3 nitrogen and oxygen atoms in total. The number of benzene rings is 2. The average Bonchev–Trinajstić information content (AvgIpc) is 2.59. The Morgan fingerprint density at radius 2 is 1.80 bits per heavy atom. The summed E-state index contributed by atoms with van der Waals surface area (Å²) in [6.07, 6.45) is -5.12. The fourth-order valence-corrected chi connectivity index (χ4v) is 3.42. The SMILES string of the molecule is COc1ccc2ccccc2c1[C@@H](CC(F)(F)F)N1CCNCC1.Cl. The van der Waals surface area contributed by atoms with Crippen LogP contribution in [0.15, 0.2) is 36.4 Å². The minimum Gasteiger partial charge on any atom is -0.496 e. The number of fused-ring (bicyclic) bond motifs is 1. The summed E-state index contributed by atoms with van der Waals surface area (Å²) in [6, 6.07) is 10.5. The Hall–Kier alpha value is -1.50. The molecule has 3 rings (SSSR count). The fraction of sp³-hybridized carbons (Fsp3) is 0.444. The van der Waals surface area contributed by atoms with Crippen LogP contribution in [0.2, 0.25) is 0 Å². The van der Waals surface area contributed by atoms with E-state index in [1.165, 1.54) is 7.11 Å². The number of halogens is 4. The van der Waals surface area contributed by atoms with Crippen LogP contribution in [0.4, 0.5) is 13.2 Å². The summed E-state index contributed by atoms with van der Waals surface area (Å²) in [6.45, 7) is 2.57. The van der Waals surface area contributed by atoms with Gasteiger partial charge in [-0.2, -0.15) is 13.2 Å². The zero-order chi connectivity index (χ0) is 17.2. The lowest BCUT2D eigenvalue weighted by Gasteiger charge is -2.36. The van der Waals surface area contributed by atoms with Gasteiger partial charge < -0.3 is 10.1 Å². The average molecular weight is 375 g/mol. The van der Waals surface area contributed by atoms with Gasteiger partial charge in [-0.3, -0.25) is 4.90 Å². The Morgan fingerprint density at radius 3 is 2.44 bits per heavy atom. The van der Waals surface area contributed by atoms with E-state index in [0.717, 1.165) is 10.8 Å². The molecule has 0 aliphatic carbocycles. The van der Waals surface area contributed by atoms with E-state index in [9.17, 15) is 13.2 Å². The maximum absolute atomic E-state index is 13.3. The van der Waals surface area contributed by atoms with Crippen LogP contribution >= 0.6 is 12.4 Å². The van der Waals surface area contributed by atoms with Crippen molar-refractivity contribution in [2.24, 2.45) is 0 Å². The van der Waals surface area contributed by atoms with Gasteiger partial charge >= 0.3 is 6.18 Å². The van der Waals surface area contributed by atoms with Gasteiger partial charge in [-0.1, -0.05) is 30.3 Å². The molecule has 1 fully saturated rings. The van der Waals surface area contributed by atoms with Crippen LogP contribution in [0.1, 0.15) is 18.0 Å². The molecule has 0 radical (unpaired) electrons. The number of alkyl halides is 3. The topological polar surface area (TPSA) is 24.5 Å². The van der Waals surface area contributed by atoms with Gasteiger partial charge in [0.25, 0.3) is 0 Å². The van der Waals surface area contributed by atoms with Gasteiger partial charge in [0.05, 0.1) is 13.5 Å². The first-order chi connectivity index (χ1) is 11.5. The van der Waals surface area contributed by atoms with Gasteiger partial charge in [0.15, 0.2) is 0 Å². The molecule has 0 spiro atoms. The lowest BCUT2D eigenvalue weighted by Crippen LogP contribution is -2.46. The van der Waals surface area contributed by atoms with E-state index in [1.54, 1.807) is 6.07 Å². The van der Waals surface area contributed by atoms with Gasteiger partial charge in [0, 0.05) is 37.8 Å². The van der Waals surface area contributed by atoms with E-state index in [1.807, 2.05) is 35.2 Å². The van der Waals surface area contributed by atoms with Crippen LogP contribution in [0.3, 0.4) is 0 Å². The zero-order valence-electron chi connectivity index (χ0n) is 14.0. The normalized spacial score (nSPS) is 17.1. The predicted octanol–water partition coefficient (Wildman–Crippen LogP) is 4.17. The van der Waals surface area contributed by atoms with E-state index in [0.29, 0.717) is 37.5 Å². The monoisotopic (exact) mass is 374 g/mol. The standard InChI is InChI=1S/C18H21F3N2O.ClH/c1-24-16-7-6-13-4-2-3-5-14(13)17(16)15(12-18(19,20)21)23-10-8-22-9-11-23;/h2-7,15,22H,8-12H2,1H3;1H/t15-;/m1./s1. The summed E-state index contributed by atoms with van der Waals surface area (Å²) < 4.78 is 45.3. The first kappa shape index (κ1) is 19.8. The van der Waals surface area contributed by atoms with Crippen LogP contribution < -0.4 is 10.1 Å². The lowest BCUT2D eigenvalue weighted by atomic mass is 9.93. The molecule has 0 unspecified atom stereocenters. The molecular weight excluding hydrogens is 353 g/mol. The summed E-state index contributed by atoms with van der Waals surface area (Å²) >= 11 is 0. The van der Waals surface area contributed by atoms with Crippen molar-refractivity contribution >= 4 is 23.2 Å². The molecule has 0 aromatic heterocycles. The number of ether oxygens (including phenoxy) is 1. The number of methoxy groups -OCH3 is 1. The summed E-state index contributed by atoms with van der Waals surface area (Å²) in [7, 11) is 1.51. The van der Waals surface area contributed by atoms with Crippen LogP contribution in [-0.4, -0.2) is 44.4 Å². The molecule has 2 aromatic carbocycles. The smallest absolute Gasteiger partial charge is 0.390 e. The van der Waals surface area contributed by atoms with Crippen molar-refractivity contribution in [1.29, 1.82) is 0 Å². The maximum atomic E-state index is 13.3. The van der Waals surface area contributed by atoms with Crippen molar-refractivity contribution in [2.45, 2.75) is 18.6 Å². The van der Waals surface area contributed by atoms with E-state index < -0.39 is 18.6 Å². The maximum Gasteiger partial charge on any atom is 0.390 e. The predicted molar refractivity (Wildman–Crippen MR) is 95.6 cm³/mol. The minimum atomic E-state index is -4.24. The minimum absolute atomic E-state index is 0. The Kier molecular flexibility index (Phi) is 6.54. The van der Waals surface area contributed by atoms with Crippen molar-refractivity contribution in [3.8, 4) is 5.75 Å². The van der Waals surface area contributed by atoms with Gasteiger partial charge in [-0.15, -0.1) is 12.4 Å². The molecule has 1 N–H and O–H groups in total. The lowest BCUT2D eigenvalue weighted by molar-refractivity contribution is -0.148. The van der Waals surface area contributed by atoms with Gasteiger partial charge in [0.2, 0.25) is 0 Å². The molecule has 0 amide bonds. The highest BCUT2D eigenvalue weighted by Gasteiger charge is 2.37. The van der Waals surface area contributed by atoms with Crippen molar-refractivity contribution in [1.82, 2.24) is 10.2 Å². The summed E-state index contributed by atoms with van der Waals surface area (Å²) in [4.78, 5) is 1.91. The highest BCUT2D eigenvalue weighted by molar-refractivity contribution is 5.88. The number of hydrogen-bond acceptors (Lipinski definition) is 3. The molecule has 138 valence electrons. The first-order valence-electron chi connectivity index (χ1n) is 8.07. The number of hydrogen-bond donors (Lipinski definition) is 1. The third-order valence-electron chi connectivity index (χ3n) is 4.50. The van der Waals surface area contributed by atoms with E-state index in [-0.39, 0.29) is 12.4 Å². The third kappa shape index (κ3) is 4.57. The molecule has 25 heavy (non-hydrogen) atoms. The fourth-order valence-electron chi connectivity index (χ4n) is 3.42. The largest absolute Gasteiger partial charge is 0.496 e. The first-order valence-corrected chi connectivity index (χ1v) is 8.07. The number of nitrogens with zero attached hydrogens (tertiary/aromatic N) is 1. The molecule has 1 heterocycles. The van der Waals surface area contributed by atoms with Crippen molar-refractivity contribution in [2.75, 3.05) is 33.3 Å². The van der Waals surface area contributed by atoms with Crippen molar-refractivity contribution in [3.63, 3.8) is 0 Å². The Balaban J connectivity index is 0.00000225. The van der Waals surface area contributed by atoms with Crippen molar-refractivity contribution in [3.05, 3.63) is 42.0 Å². The number of piperazine rings is 1. The molecule has 1 saturated heterocycles. The molecule has 1 aliphatic heterocycles. The van der Waals surface area contributed by atoms with Gasteiger partial charge in [0.1, 0.15) is 5.75 Å².